The smallest absolute Gasteiger partial charge is 0.218 e. The van der Waals surface area contributed by atoms with Crippen LogP contribution in [-0.4, -0.2) is 45.1 Å². The Balaban J connectivity index is 1.86. The van der Waals surface area contributed by atoms with Gasteiger partial charge in [-0.1, -0.05) is 18.2 Å². The number of hydrogen-bond donors (Lipinski definition) is 1. The lowest BCUT2D eigenvalue weighted by Gasteiger charge is -2.15. The van der Waals surface area contributed by atoms with E-state index < -0.39 is 0 Å². The summed E-state index contributed by atoms with van der Waals surface area (Å²) in [5.41, 5.74) is 1.69. The molecule has 0 amide bonds. The van der Waals surface area contributed by atoms with Crippen molar-refractivity contribution in [3.05, 3.63) is 35.4 Å². The van der Waals surface area contributed by atoms with Gasteiger partial charge in [0.05, 0.1) is 25.8 Å². The number of hydrogen-bond acceptors (Lipinski definition) is 6. The van der Waals surface area contributed by atoms with Crippen LogP contribution in [0.15, 0.2) is 29.8 Å². The van der Waals surface area contributed by atoms with Crippen LogP contribution in [0.3, 0.4) is 0 Å². The summed E-state index contributed by atoms with van der Waals surface area (Å²) in [6.45, 7) is 6.13. The monoisotopic (exact) mass is 392 g/mol. The van der Waals surface area contributed by atoms with E-state index >= 15 is 0 Å². The molecule has 1 aromatic carbocycles. The summed E-state index contributed by atoms with van der Waals surface area (Å²) in [5, 5.41) is 4.79. The number of halogens is 1. The van der Waals surface area contributed by atoms with E-state index in [1.807, 2.05) is 18.2 Å². The van der Waals surface area contributed by atoms with Crippen LogP contribution in [0.1, 0.15) is 18.4 Å². The second-order valence-corrected chi connectivity index (χ2v) is 6.96. The molecule has 7 heteroatoms. The SMILES string of the molecule is C=C(Cl)COc1nc2cc(OC)c(OC)cc2cc1CNCC1CCCO1. The van der Waals surface area contributed by atoms with Gasteiger partial charge in [-0.25, -0.2) is 4.98 Å². The minimum absolute atomic E-state index is 0.200. The number of methoxy groups -OCH3 is 2. The molecular weight excluding hydrogens is 368 g/mol. The predicted octanol–water partition coefficient (Wildman–Crippen LogP) is 3.65. The van der Waals surface area contributed by atoms with Crippen molar-refractivity contribution in [1.29, 1.82) is 0 Å². The summed E-state index contributed by atoms with van der Waals surface area (Å²) in [7, 11) is 3.21. The molecule has 6 nitrogen and oxygen atoms in total. The molecule has 1 aliphatic heterocycles. The van der Waals surface area contributed by atoms with Crippen LogP contribution in [0.4, 0.5) is 0 Å². The largest absolute Gasteiger partial charge is 0.493 e. The molecule has 1 N–H and O–H groups in total. The van der Waals surface area contributed by atoms with Crippen LogP contribution in [0, 0.1) is 0 Å². The van der Waals surface area contributed by atoms with Gasteiger partial charge in [-0.2, -0.15) is 0 Å². The Morgan fingerprint density at radius 2 is 2.07 bits per heavy atom. The van der Waals surface area contributed by atoms with Gasteiger partial charge < -0.3 is 24.3 Å². The van der Waals surface area contributed by atoms with Crippen LogP contribution < -0.4 is 19.5 Å². The molecule has 1 atom stereocenters. The van der Waals surface area contributed by atoms with Crippen molar-refractivity contribution >= 4 is 22.5 Å². The highest BCUT2D eigenvalue weighted by molar-refractivity contribution is 6.29. The lowest BCUT2D eigenvalue weighted by Crippen LogP contribution is -2.26. The second kappa shape index (κ2) is 9.26. The number of rotatable bonds is 9. The third-order valence-electron chi connectivity index (χ3n) is 4.44. The maximum atomic E-state index is 5.86. The van der Waals surface area contributed by atoms with Crippen molar-refractivity contribution in [3.8, 4) is 17.4 Å². The average molecular weight is 393 g/mol. The third kappa shape index (κ3) is 5.03. The molecule has 1 aromatic heterocycles. The van der Waals surface area contributed by atoms with E-state index in [-0.39, 0.29) is 12.7 Å². The highest BCUT2D eigenvalue weighted by Crippen LogP contribution is 2.33. The van der Waals surface area contributed by atoms with Crippen LogP contribution in [0.25, 0.3) is 10.9 Å². The van der Waals surface area contributed by atoms with Gasteiger partial charge >= 0.3 is 0 Å². The van der Waals surface area contributed by atoms with Gasteiger partial charge in [0, 0.05) is 41.7 Å². The summed E-state index contributed by atoms with van der Waals surface area (Å²) in [6, 6.07) is 5.79. The fraction of sp³-hybridized carbons (Fsp3) is 0.450. The lowest BCUT2D eigenvalue weighted by molar-refractivity contribution is 0.110. The predicted molar refractivity (Wildman–Crippen MR) is 106 cm³/mol. The van der Waals surface area contributed by atoms with E-state index in [1.165, 1.54) is 0 Å². The van der Waals surface area contributed by atoms with Gasteiger partial charge in [-0.3, -0.25) is 0 Å². The number of pyridine rings is 1. The molecule has 0 bridgehead atoms. The van der Waals surface area contributed by atoms with Crippen molar-refractivity contribution in [3.63, 3.8) is 0 Å². The molecule has 0 spiro atoms. The summed E-state index contributed by atoms with van der Waals surface area (Å²) in [6.07, 6.45) is 2.49. The number of aromatic nitrogens is 1. The lowest BCUT2D eigenvalue weighted by atomic mass is 10.1. The summed E-state index contributed by atoms with van der Waals surface area (Å²) in [5.74, 6) is 1.80. The van der Waals surface area contributed by atoms with E-state index in [1.54, 1.807) is 14.2 Å². The van der Waals surface area contributed by atoms with Crippen molar-refractivity contribution in [2.24, 2.45) is 0 Å². The van der Waals surface area contributed by atoms with Crippen molar-refractivity contribution in [2.45, 2.75) is 25.5 Å². The molecule has 146 valence electrons. The number of ether oxygens (including phenoxy) is 4. The number of nitrogens with zero attached hydrogens (tertiary/aromatic N) is 1. The molecule has 27 heavy (non-hydrogen) atoms. The third-order valence-corrected chi connectivity index (χ3v) is 4.55. The quantitative estimate of drug-likeness (QED) is 0.702. The Hall–Kier alpha value is -2.02. The van der Waals surface area contributed by atoms with Gasteiger partial charge in [0.25, 0.3) is 0 Å². The molecule has 2 aromatic rings. The van der Waals surface area contributed by atoms with E-state index in [2.05, 4.69) is 16.9 Å². The van der Waals surface area contributed by atoms with Crippen LogP contribution in [0.2, 0.25) is 0 Å². The Morgan fingerprint density at radius 3 is 2.74 bits per heavy atom. The van der Waals surface area contributed by atoms with E-state index in [0.717, 1.165) is 42.5 Å². The topological polar surface area (TPSA) is 61.8 Å². The highest BCUT2D eigenvalue weighted by Gasteiger charge is 2.16. The molecule has 1 saturated heterocycles. The standard InChI is InChI=1S/C20H25ClN2O4/c1-13(21)12-27-20-15(10-22-11-16-5-4-6-26-16)7-14-8-18(24-2)19(25-3)9-17(14)23-20/h7-9,16,22H,1,4-6,10-12H2,2-3H3. The van der Waals surface area contributed by atoms with Crippen LogP contribution in [-0.2, 0) is 11.3 Å². The summed E-state index contributed by atoms with van der Waals surface area (Å²) in [4.78, 5) is 4.65. The van der Waals surface area contributed by atoms with Gasteiger partial charge in [-0.05, 0) is 25.0 Å². The Morgan fingerprint density at radius 1 is 1.30 bits per heavy atom. The minimum atomic E-state index is 0.200. The second-order valence-electron chi connectivity index (χ2n) is 6.42. The average Bonchev–Trinajstić information content (AvgIpc) is 3.18. The first-order valence-electron chi connectivity index (χ1n) is 8.94. The highest BCUT2D eigenvalue weighted by atomic mass is 35.5. The van der Waals surface area contributed by atoms with Crippen molar-refractivity contribution in [2.75, 3.05) is 34.0 Å². The zero-order chi connectivity index (χ0) is 19.2. The Bertz CT molecular complexity index is 806. The Kier molecular flexibility index (Phi) is 6.77. The summed E-state index contributed by atoms with van der Waals surface area (Å²) >= 11 is 5.86. The molecule has 0 aliphatic carbocycles. The van der Waals surface area contributed by atoms with Crippen molar-refractivity contribution < 1.29 is 18.9 Å². The maximum Gasteiger partial charge on any atom is 0.218 e. The molecule has 0 radical (unpaired) electrons. The Labute approximate surface area is 164 Å². The maximum absolute atomic E-state index is 5.86. The fourth-order valence-electron chi connectivity index (χ4n) is 3.10. The van der Waals surface area contributed by atoms with Gasteiger partial charge in [0.15, 0.2) is 11.5 Å². The number of fused-ring (bicyclic) bond motifs is 1. The molecule has 2 heterocycles. The molecule has 3 rings (SSSR count). The van der Waals surface area contributed by atoms with Crippen LogP contribution >= 0.6 is 11.6 Å². The molecule has 1 unspecified atom stereocenters. The molecule has 0 saturated carbocycles. The van der Waals surface area contributed by atoms with Crippen LogP contribution in [0.5, 0.6) is 17.4 Å². The number of nitrogens with one attached hydrogen (secondary N) is 1. The van der Waals surface area contributed by atoms with Crippen molar-refractivity contribution in [1.82, 2.24) is 10.3 Å². The van der Waals surface area contributed by atoms with E-state index in [0.29, 0.717) is 29.0 Å². The van der Waals surface area contributed by atoms with Gasteiger partial charge in [0.2, 0.25) is 5.88 Å². The molecular formula is C20H25ClN2O4. The first-order chi connectivity index (χ1) is 13.1. The minimum Gasteiger partial charge on any atom is -0.493 e. The number of benzene rings is 1. The summed E-state index contributed by atoms with van der Waals surface area (Å²) < 4.78 is 22.2. The van der Waals surface area contributed by atoms with Gasteiger partial charge in [0.1, 0.15) is 6.61 Å². The zero-order valence-corrected chi connectivity index (χ0v) is 16.5. The first kappa shape index (κ1) is 19.7. The molecule has 1 fully saturated rings. The zero-order valence-electron chi connectivity index (χ0n) is 15.7. The normalized spacial score (nSPS) is 16.5. The van der Waals surface area contributed by atoms with Gasteiger partial charge in [-0.15, -0.1) is 0 Å². The first-order valence-corrected chi connectivity index (χ1v) is 9.32. The van der Waals surface area contributed by atoms with E-state index in [9.17, 15) is 0 Å². The molecule has 1 aliphatic rings. The van der Waals surface area contributed by atoms with E-state index in [4.69, 9.17) is 30.5 Å². The fourth-order valence-corrected chi connectivity index (χ4v) is 3.15.